The Hall–Kier alpha value is -3.12. The van der Waals surface area contributed by atoms with E-state index in [0.29, 0.717) is 5.69 Å². The van der Waals surface area contributed by atoms with E-state index in [1.165, 1.54) is 32.4 Å². The van der Waals surface area contributed by atoms with E-state index in [1.54, 1.807) is 54.9 Å². The number of carbonyl (C=O) groups excluding carboxylic acids is 1. The van der Waals surface area contributed by atoms with Gasteiger partial charge in [0.2, 0.25) is 5.91 Å². The third-order valence-corrected chi connectivity index (χ3v) is 6.44. The molecule has 0 aliphatic heterocycles. The number of amides is 1. The Morgan fingerprint density at radius 2 is 1.74 bits per heavy atom. The van der Waals surface area contributed by atoms with E-state index >= 15 is 0 Å². The predicted octanol–water partition coefficient (Wildman–Crippen LogP) is 5.53. The second-order valence-corrected chi connectivity index (χ2v) is 8.89. The minimum Gasteiger partial charge on any atom is -0.323 e. The lowest BCUT2D eigenvalue weighted by Crippen LogP contribution is -2.07. The molecule has 0 spiro atoms. The molecule has 8 heteroatoms. The molecule has 0 saturated heterocycles. The molecule has 2 aromatic carbocycles. The van der Waals surface area contributed by atoms with Crippen LogP contribution >= 0.6 is 7.60 Å². The number of nitrogens with one attached hydrogen (secondary N) is 1. The summed E-state index contributed by atoms with van der Waals surface area (Å²) >= 11 is 0. The zero-order valence-electron chi connectivity index (χ0n) is 17.1. The van der Waals surface area contributed by atoms with Gasteiger partial charge in [0.15, 0.2) is 0 Å². The van der Waals surface area contributed by atoms with Crippen LogP contribution in [0.15, 0.2) is 73.1 Å². The molecule has 0 radical (unpaired) electrons. The van der Waals surface area contributed by atoms with Crippen LogP contribution in [0.3, 0.4) is 0 Å². The number of carbonyl (C=O) groups is 1. The lowest BCUT2D eigenvalue weighted by molar-refractivity contribution is -0.111. The smallest absolute Gasteiger partial charge is 0.323 e. The maximum absolute atomic E-state index is 13.2. The van der Waals surface area contributed by atoms with Crippen LogP contribution in [0, 0.1) is 5.82 Å². The SMILES string of the molecule is COP(=O)(Cc1ccc(NC(=O)/C=C/c2cnccc2-c2ccc(F)cc2)cc1)OC. The quantitative estimate of drug-likeness (QED) is 0.368. The topological polar surface area (TPSA) is 77.5 Å². The van der Waals surface area contributed by atoms with Gasteiger partial charge >= 0.3 is 7.60 Å². The maximum Gasteiger partial charge on any atom is 0.334 e. The minimum atomic E-state index is -3.15. The summed E-state index contributed by atoms with van der Waals surface area (Å²) in [6.45, 7) is 0. The zero-order valence-corrected chi connectivity index (χ0v) is 18.0. The highest BCUT2D eigenvalue weighted by Gasteiger charge is 2.21. The summed E-state index contributed by atoms with van der Waals surface area (Å²) in [5.74, 6) is -0.631. The lowest BCUT2D eigenvalue weighted by Gasteiger charge is -2.13. The molecule has 1 amide bonds. The molecule has 0 bridgehead atoms. The highest BCUT2D eigenvalue weighted by atomic mass is 31.2. The van der Waals surface area contributed by atoms with E-state index in [0.717, 1.165) is 22.3 Å². The second-order valence-electron chi connectivity index (χ2n) is 6.62. The molecular formula is C23H22FN2O4P. The first-order chi connectivity index (χ1) is 14.9. The van der Waals surface area contributed by atoms with Gasteiger partial charge in [0, 0.05) is 43.9 Å². The van der Waals surface area contributed by atoms with Gasteiger partial charge in [-0.05, 0) is 53.1 Å². The molecule has 31 heavy (non-hydrogen) atoms. The van der Waals surface area contributed by atoms with E-state index in [2.05, 4.69) is 10.3 Å². The van der Waals surface area contributed by atoms with Crippen molar-refractivity contribution in [2.75, 3.05) is 19.5 Å². The standard InChI is InChI=1S/C23H22FN2O4P/c1-29-31(28,30-2)16-17-3-10-21(11-4-17)26-23(27)12-7-19-15-25-14-13-22(19)18-5-8-20(24)9-6-18/h3-15H,16H2,1-2H3,(H,26,27)/b12-7+. The Balaban J connectivity index is 1.68. The Morgan fingerprint density at radius 3 is 2.39 bits per heavy atom. The second kappa shape index (κ2) is 10.3. The van der Waals surface area contributed by atoms with Crippen molar-refractivity contribution in [1.82, 2.24) is 4.98 Å². The van der Waals surface area contributed by atoms with E-state index in [-0.39, 0.29) is 17.9 Å². The van der Waals surface area contributed by atoms with Crippen molar-refractivity contribution in [2.45, 2.75) is 6.16 Å². The fourth-order valence-electron chi connectivity index (χ4n) is 2.90. The molecule has 0 saturated carbocycles. The number of benzene rings is 2. The average molecular weight is 440 g/mol. The minimum absolute atomic E-state index is 0.140. The van der Waals surface area contributed by atoms with Crippen LogP contribution in [-0.2, 0) is 24.6 Å². The lowest BCUT2D eigenvalue weighted by atomic mass is 10.0. The van der Waals surface area contributed by atoms with Gasteiger partial charge < -0.3 is 14.4 Å². The molecule has 0 aliphatic carbocycles. The molecule has 160 valence electrons. The van der Waals surface area contributed by atoms with E-state index in [9.17, 15) is 13.8 Å². The average Bonchev–Trinajstić information content (AvgIpc) is 2.80. The summed E-state index contributed by atoms with van der Waals surface area (Å²) in [5, 5.41) is 2.77. The molecule has 1 N–H and O–H groups in total. The van der Waals surface area contributed by atoms with Crippen molar-refractivity contribution in [3.8, 4) is 11.1 Å². The van der Waals surface area contributed by atoms with Crippen LogP contribution in [0.5, 0.6) is 0 Å². The molecule has 1 heterocycles. The molecule has 1 aromatic heterocycles. The van der Waals surface area contributed by atoms with E-state index in [4.69, 9.17) is 9.05 Å². The molecule has 0 aliphatic rings. The predicted molar refractivity (Wildman–Crippen MR) is 119 cm³/mol. The molecule has 3 aromatic rings. The fraction of sp³-hybridized carbons (Fsp3) is 0.130. The first kappa shape index (κ1) is 22.6. The van der Waals surface area contributed by atoms with Crippen LogP contribution in [0.4, 0.5) is 10.1 Å². The Morgan fingerprint density at radius 1 is 1.06 bits per heavy atom. The summed E-state index contributed by atoms with van der Waals surface area (Å²) in [7, 11) is -0.464. The largest absolute Gasteiger partial charge is 0.334 e. The number of pyridine rings is 1. The number of rotatable bonds is 8. The van der Waals surface area contributed by atoms with Crippen molar-refractivity contribution in [1.29, 1.82) is 0 Å². The summed E-state index contributed by atoms with van der Waals surface area (Å²) in [4.78, 5) is 16.4. The van der Waals surface area contributed by atoms with Crippen LogP contribution in [0.1, 0.15) is 11.1 Å². The number of hydrogen-bond donors (Lipinski definition) is 1. The highest BCUT2D eigenvalue weighted by Crippen LogP contribution is 2.49. The Bertz CT molecular complexity index is 1110. The summed E-state index contributed by atoms with van der Waals surface area (Å²) in [5.41, 5.74) is 3.75. The zero-order chi connectivity index (χ0) is 22.3. The van der Waals surface area contributed by atoms with Gasteiger partial charge in [0.05, 0.1) is 6.16 Å². The summed E-state index contributed by atoms with van der Waals surface area (Å²) in [6.07, 6.45) is 6.48. The summed E-state index contributed by atoms with van der Waals surface area (Å²) < 4.78 is 35.3. The Kier molecular flexibility index (Phi) is 7.47. The van der Waals surface area contributed by atoms with Gasteiger partial charge in [-0.15, -0.1) is 0 Å². The van der Waals surface area contributed by atoms with Crippen LogP contribution in [-0.4, -0.2) is 25.1 Å². The van der Waals surface area contributed by atoms with Crippen molar-refractivity contribution in [3.05, 3.63) is 90.0 Å². The third-order valence-electron chi connectivity index (χ3n) is 4.58. The normalized spacial score (nSPS) is 11.6. The Labute approximate surface area is 180 Å². The van der Waals surface area contributed by atoms with Crippen molar-refractivity contribution < 1.29 is 22.8 Å². The first-order valence-corrected chi connectivity index (χ1v) is 11.1. The number of halogens is 1. The summed E-state index contributed by atoms with van der Waals surface area (Å²) in [6, 6.07) is 14.9. The highest BCUT2D eigenvalue weighted by molar-refractivity contribution is 7.52. The number of hydrogen-bond acceptors (Lipinski definition) is 5. The van der Waals surface area contributed by atoms with Crippen LogP contribution in [0.2, 0.25) is 0 Å². The van der Waals surface area contributed by atoms with E-state index < -0.39 is 7.60 Å². The monoisotopic (exact) mass is 440 g/mol. The van der Waals surface area contributed by atoms with Crippen LogP contribution < -0.4 is 5.32 Å². The molecule has 0 unspecified atom stereocenters. The maximum atomic E-state index is 13.2. The van der Waals surface area contributed by atoms with Gasteiger partial charge in [-0.25, -0.2) is 4.39 Å². The van der Waals surface area contributed by atoms with E-state index in [1.807, 2.05) is 6.07 Å². The van der Waals surface area contributed by atoms with Crippen LogP contribution in [0.25, 0.3) is 17.2 Å². The van der Waals surface area contributed by atoms with Gasteiger partial charge in [0.1, 0.15) is 5.82 Å². The third kappa shape index (κ3) is 6.18. The molecule has 3 rings (SSSR count). The number of nitrogens with zero attached hydrogens (tertiary/aromatic N) is 1. The fourth-order valence-corrected chi connectivity index (χ4v) is 3.97. The van der Waals surface area contributed by atoms with Gasteiger partial charge in [-0.1, -0.05) is 24.3 Å². The molecular weight excluding hydrogens is 418 g/mol. The number of anilines is 1. The van der Waals surface area contributed by atoms with Gasteiger partial charge in [-0.2, -0.15) is 0 Å². The van der Waals surface area contributed by atoms with Crippen molar-refractivity contribution in [2.24, 2.45) is 0 Å². The molecule has 0 fully saturated rings. The van der Waals surface area contributed by atoms with Gasteiger partial charge in [-0.3, -0.25) is 14.3 Å². The molecule has 6 nitrogen and oxygen atoms in total. The van der Waals surface area contributed by atoms with Crippen molar-refractivity contribution in [3.63, 3.8) is 0 Å². The van der Waals surface area contributed by atoms with Gasteiger partial charge in [0.25, 0.3) is 0 Å². The number of aromatic nitrogens is 1. The van der Waals surface area contributed by atoms with Crippen molar-refractivity contribution >= 4 is 25.3 Å². The first-order valence-electron chi connectivity index (χ1n) is 9.41. The molecule has 0 atom stereocenters.